The average Bonchev–Trinajstić information content (AvgIpc) is 2.37. The standard InChI is InChI=1S/C16H24BrNO/c1-5-19-15-9-14(16(15,3)4)18-10-12-6-7-13(17)11(2)8-12/h6-8,14-15,18H,5,9-10H2,1-4H3. The fourth-order valence-electron chi connectivity index (χ4n) is 2.77. The second-order valence-corrected chi connectivity index (χ2v) is 6.87. The molecular weight excluding hydrogens is 302 g/mol. The van der Waals surface area contributed by atoms with E-state index in [1.54, 1.807) is 0 Å². The zero-order valence-corrected chi connectivity index (χ0v) is 13.9. The minimum absolute atomic E-state index is 0.237. The first-order chi connectivity index (χ1) is 8.95. The molecule has 2 nitrogen and oxygen atoms in total. The average molecular weight is 326 g/mol. The lowest BCUT2D eigenvalue weighted by atomic mass is 9.64. The maximum absolute atomic E-state index is 5.76. The molecule has 0 aromatic heterocycles. The Morgan fingerprint density at radius 1 is 1.42 bits per heavy atom. The van der Waals surface area contributed by atoms with Crippen molar-refractivity contribution in [1.29, 1.82) is 0 Å². The molecule has 0 aliphatic heterocycles. The van der Waals surface area contributed by atoms with Gasteiger partial charge in [-0.3, -0.25) is 0 Å². The summed E-state index contributed by atoms with van der Waals surface area (Å²) in [5, 5.41) is 3.67. The summed E-state index contributed by atoms with van der Waals surface area (Å²) in [6.45, 7) is 10.5. The maximum Gasteiger partial charge on any atom is 0.0655 e. The highest BCUT2D eigenvalue weighted by molar-refractivity contribution is 9.10. The van der Waals surface area contributed by atoms with E-state index in [0.717, 1.165) is 19.6 Å². The molecule has 1 N–H and O–H groups in total. The summed E-state index contributed by atoms with van der Waals surface area (Å²) in [7, 11) is 0. The molecule has 0 saturated heterocycles. The van der Waals surface area contributed by atoms with Crippen LogP contribution in [0.1, 0.15) is 38.3 Å². The Balaban J connectivity index is 1.88. The van der Waals surface area contributed by atoms with Crippen LogP contribution in [-0.2, 0) is 11.3 Å². The van der Waals surface area contributed by atoms with E-state index in [1.165, 1.54) is 15.6 Å². The van der Waals surface area contributed by atoms with Crippen LogP contribution in [0.4, 0.5) is 0 Å². The molecule has 1 aliphatic rings. The van der Waals surface area contributed by atoms with E-state index in [2.05, 4.69) is 67.1 Å². The number of rotatable bonds is 5. The van der Waals surface area contributed by atoms with Gasteiger partial charge in [0.1, 0.15) is 0 Å². The molecule has 1 aliphatic carbocycles. The van der Waals surface area contributed by atoms with E-state index in [9.17, 15) is 0 Å². The molecule has 0 bridgehead atoms. The second kappa shape index (κ2) is 5.94. The van der Waals surface area contributed by atoms with Crippen molar-refractivity contribution in [2.24, 2.45) is 5.41 Å². The van der Waals surface area contributed by atoms with Gasteiger partial charge in [-0.2, -0.15) is 0 Å². The lowest BCUT2D eigenvalue weighted by Crippen LogP contribution is -2.60. The number of aryl methyl sites for hydroxylation is 1. The van der Waals surface area contributed by atoms with Gasteiger partial charge >= 0.3 is 0 Å². The smallest absolute Gasteiger partial charge is 0.0655 e. The van der Waals surface area contributed by atoms with Crippen LogP contribution in [-0.4, -0.2) is 18.8 Å². The Morgan fingerprint density at radius 2 is 2.16 bits per heavy atom. The highest BCUT2D eigenvalue weighted by Crippen LogP contribution is 2.42. The number of benzene rings is 1. The molecule has 2 atom stereocenters. The van der Waals surface area contributed by atoms with Crippen LogP contribution in [0.25, 0.3) is 0 Å². The minimum Gasteiger partial charge on any atom is -0.378 e. The Kier molecular flexibility index (Phi) is 4.70. The van der Waals surface area contributed by atoms with Crippen molar-refractivity contribution in [2.75, 3.05) is 6.61 Å². The molecule has 1 fully saturated rings. The van der Waals surface area contributed by atoms with E-state index < -0.39 is 0 Å². The van der Waals surface area contributed by atoms with E-state index >= 15 is 0 Å². The summed E-state index contributed by atoms with van der Waals surface area (Å²) < 4.78 is 6.94. The molecule has 0 radical (unpaired) electrons. The largest absolute Gasteiger partial charge is 0.378 e. The van der Waals surface area contributed by atoms with Crippen molar-refractivity contribution >= 4 is 15.9 Å². The van der Waals surface area contributed by atoms with Gasteiger partial charge in [0.15, 0.2) is 0 Å². The van der Waals surface area contributed by atoms with E-state index in [4.69, 9.17) is 4.74 Å². The molecule has 0 spiro atoms. The lowest BCUT2D eigenvalue weighted by molar-refractivity contribution is -0.114. The summed E-state index contributed by atoms with van der Waals surface area (Å²) in [5.41, 5.74) is 2.87. The van der Waals surface area contributed by atoms with Crippen molar-refractivity contribution in [3.8, 4) is 0 Å². The zero-order valence-electron chi connectivity index (χ0n) is 12.3. The van der Waals surface area contributed by atoms with Crippen LogP contribution in [0, 0.1) is 12.3 Å². The van der Waals surface area contributed by atoms with Crippen LogP contribution in [0.2, 0.25) is 0 Å². The fourth-order valence-corrected chi connectivity index (χ4v) is 3.02. The van der Waals surface area contributed by atoms with Gasteiger partial charge in [-0.05, 0) is 37.5 Å². The molecule has 106 valence electrons. The zero-order chi connectivity index (χ0) is 14.0. The number of hydrogen-bond donors (Lipinski definition) is 1. The summed E-state index contributed by atoms with van der Waals surface area (Å²) in [6, 6.07) is 7.09. The van der Waals surface area contributed by atoms with E-state index in [-0.39, 0.29) is 5.41 Å². The SMILES string of the molecule is CCOC1CC(NCc2ccc(Br)c(C)c2)C1(C)C. The third-order valence-electron chi connectivity index (χ3n) is 4.32. The van der Waals surface area contributed by atoms with Crippen LogP contribution >= 0.6 is 15.9 Å². The molecule has 19 heavy (non-hydrogen) atoms. The number of ether oxygens (including phenoxy) is 1. The molecular formula is C16H24BrNO. The van der Waals surface area contributed by atoms with Gasteiger partial charge in [0.25, 0.3) is 0 Å². The quantitative estimate of drug-likeness (QED) is 0.881. The summed E-state index contributed by atoms with van der Waals surface area (Å²) in [6.07, 6.45) is 1.53. The topological polar surface area (TPSA) is 21.3 Å². The van der Waals surface area contributed by atoms with Crippen molar-refractivity contribution in [1.82, 2.24) is 5.32 Å². The first kappa shape index (κ1) is 15.0. The lowest BCUT2D eigenvalue weighted by Gasteiger charge is -2.52. The molecule has 0 amide bonds. The monoisotopic (exact) mass is 325 g/mol. The second-order valence-electron chi connectivity index (χ2n) is 6.02. The fraction of sp³-hybridized carbons (Fsp3) is 0.625. The van der Waals surface area contributed by atoms with Gasteiger partial charge in [0.05, 0.1) is 6.10 Å². The Hall–Kier alpha value is -0.380. The summed E-state index contributed by atoms with van der Waals surface area (Å²) in [5.74, 6) is 0. The molecule has 3 heteroatoms. The van der Waals surface area contributed by atoms with Gasteiger partial charge in [-0.15, -0.1) is 0 Å². The minimum atomic E-state index is 0.237. The summed E-state index contributed by atoms with van der Waals surface area (Å²) in [4.78, 5) is 0. The predicted molar refractivity (Wildman–Crippen MR) is 83.3 cm³/mol. The van der Waals surface area contributed by atoms with Gasteiger partial charge < -0.3 is 10.1 Å². The molecule has 1 aromatic carbocycles. The Labute approximate surface area is 125 Å². The normalized spacial score (nSPS) is 25.1. The van der Waals surface area contributed by atoms with Crippen molar-refractivity contribution in [3.05, 3.63) is 33.8 Å². The van der Waals surface area contributed by atoms with Gasteiger partial charge in [0, 0.05) is 29.1 Å². The molecule has 1 saturated carbocycles. The first-order valence-electron chi connectivity index (χ1n) is 7.05. The van der Waals surface area contributed by atoms with Crippen LogP contribution in [0.3, 0.4) is 0 Å². The molecule has 1 aromatic rings. The van der Waals surface area contributed by atoms with Gasteiger partial charge in [0.2, 0.25) is 0 Å². The molecule has 0 heterocycles. The predicted octanol–water partition coefficient (Wildman–Crippen LogP) is 4.05. The van der Waals surface area contributed by atoms with Crippen molar-refractivity contribution in [2.45, 2.75) is 52.8 Å². The first-order valence-corrected chi connectivity index (χ1v) is 7.84. The third-order valence-corrected chi connectivity index (χ3v) is 5.21. The molecule has 2 unspecified atom stereocenters. The number of hydrogen-bond acceptors (Lipinski definition) is 2. The van der Waals surface area contributed by atoms with Crippen LogP contribution < -0.4 is 5.32 Å². The Morgan fingerprint density at radius 3 is 2.74 bits per heavy atom. The third kappa shape index (κ3) is 3.21. The van der Waals surface area contributed by atoms with Crippen molar-refractivity contribution in [3.63, 3.8) is 0 Å². The van der Waals surface area contributed by atoms with Crippen molar-refractivity contribution < 1.29 is 4.74 Å². The maximum atomic E-state index is 5.76. The highest BCUT2D eigenvalue weighted by atomic mass is 79.9. The van der Waals surface area contributed by atoms with Gasteiger partial charge in [-0.25, -0.2) is 0 Å². The van der Waals surface area contributed by atoms with E-state index in [0.29, 0.717) is 12.1 Å². The number of halogens is 1. The van der Waals surface area contributed by atoms with E-state index in [1.807, 2.05) is 0 Å². The van der Waals surface area contributed by atoms with Crippen LogP contribution in [0.15, 0.2) is 22.7 Å². The van der Waals surface area contributed by atoms with Gasteiger partial charge in [-0.1, -0.05) is 41.9 Å². The number of nitrogens with one attached hydrogen (secondary N) is 1. The molecule has 2 rings (SSSR count). The van der Waals surface area contributed by atoms with Crippen LogP contribution in [0.5, 0.6) is 0 Å². The highest BCUT2D eigenvalue weighted by Gasteiger charge is 2.48. The summed E-state index contributed by atoms with van der Waals surface area (Å²) >= 11 is 3.54. The Bertz CT molecular complexity index is 444.